The Balaban J connectivity index is 2.16. The smallest absolute Gasteiger partial charge is 0.240 e. The Labute approximate surface area is 119 Å². The van der Waals surface area contributed by atoms with Gasteiger partial charge in [-0.2, -0.15) is 0 Å². The second-order valence-electron chi connectivity index (χ2n) is 5.55. The number of rotatable bonds is 5. The quantitative estimate of drug-likeness (QED) is 0.879. The predicted molar refractivity (Wildman–Crippen MR) is 80.3 cm³/mol. The number of hydrogen-bond donors (Lipinski definition) is 2. The fourth-order valence-electron chi connectivity index (χ4n) is 2.18. The van der Waals surface area contributed by atoms with Crippen molar-refractivity contribution in [3.05, 3.63) is 36.0 Å². The average Bonchev–Trinajstić information content (AvgIpc) is 2.81. The molecule has 0 aliphatic rings. The molecule has 1 aromatic heterocycles. The molecule has 108 valence electrons. The summed E-state index contributed by atoms with van der Waals surface area (Å²) in [6.07, 6.45) is 1.89. The molecule has 1 heterocycles. The molecule has 0 bridgehead atoms. The topological polar surface area (TPSA) is 54.3 Å². The minimum atomic E-state index is 0.0118. The normalized spacial score (nSPS) is 12.8. The van der Waals surface area contributed by atoms with Gasteiger partial charge in [-0.05, 0) is 30.5 Å². The fraction of sp³-hybridized carbons (Fsp3) is 0.438. The zero-order valence-electron chi connectivity index (χ0n) is 12.3. The van der Waals surface area contributed by atoms with E-state index < -0.39 is 0 Å². The molecule has 1 atom stereocenters. The Bertz CT molecular complexity index is 602. The number of aliphatic hydroxyl groups is 1. The maximum absolute atomic E-state index is 12.0. The first-order valence-corrected chi connectivity index (χ1v) is 7.00. The number of aliphatic hydroxyl groups excluding tert-OH is 1. The van der Waals surface area contributed by atoms with Gasteiger partial charge in [0.05, 0.1) is 6.61 Å². The van der Waals surface area contributed by atoms with E-state index in [1.54, 1.807) is 0 Å². The molecule has 0 spiro atoms. The van der Waals surface area contributed by atoms with Crippen LogP contribution in [0.3, 0.4) is 0 Å². The summed E-state index contributed by atoms with van der Waals surface area (Å²) in [5, 5.41) is 13.3. The van der Waals surface area contributed by atoms with Crippen LogP contribution in [0.2, 0.25) is 0 Å². The van der Waals surface area contributed by atoms with E-state index in [1.165, 1.54) is 0 Å². The molecular weight excluding hydrogens is 252 g/mol. The first-order valence-electron chi connectivity index (χ1n) is 7.00. The highest BCUT2D eigenvalue weighted by atomic mass is 16.3. The molecule has 20 heavy (non-hydrogen) atoms. The first-order chi connectivity index (χ1) is 9.52. The van der Waals surface area contributed by atoms with Crippen molar-refractivity contribution in [2.75, 3.05) is 0 Å². The number of benzene rings is 1. The number of nitrogens with zero attached hydrogens (tertiary/aromatic N) is 1. The second kappa shape index (κ2) is 6.09. The molecular formula is C16H22N2O2. The summed E-state index contributed by atoms with van der Waals surface area (Å²) in [6, 6.07) is 7.87. The number of hydrogen-bond acceptors (Lipinski definition) is 2. The first kappa shape index (κ1) is 14.6. The van der Waals surface area contributed by atoms with Crippen LogP contribution in [0, 0.1) is 5.92 Å². The van der Waals surface area contributed by atoms with Crippen molar-refractivity contribution < 1.29 is 9.90 Å². The van der Waals surface area contributed by atoms with E-state index in [4.69, 9.17) is 0 Å². The Morgan fingerprint density at radius 1 is 1.30 bits per heavy atom. The zero-order chi connectivity index (χ0) is 14.7. The molecule has 4 nitrogen and oxygen atoms in total. The van der Waals surface area contributed by atoms with Gasteiger partial charge >= 0.3 is 0 Å². The van der Waals surface area contributed by atoms with E-state index in [0.29, 0.717) is 12.5 Å². The van der Waals surface area contributed by atoms with Gasteiger partial charge in [-0.15, -0.1) is 0 Å². The van der Waals surface area contributed by atoms with E-state index >= 15 is 0 Å². The molecule has 1 amide bonds. The number of aromatic nitrogens is 1. The van der Waals surface area contributed by atoms with Gasteiger partial charge in [0.1, 0.15) is 6.54 Å². The summed E-state index contributed by atoms with van der Waals surface area (Å²) in [7, 11) is 0. The third-order valence-electron chi connectivity index (χ3n) is 3.78. The Morgan fingerprint density at radius 2 is 2.05 bits per heavy atom. The lowest BCUT2D eigenvalue weighted by atomic mass is 10.1. The molecule has 1 aromatic carbocycles. The van der Waals surface area contributed by atoms with E-state index in [9.17, 15) is 9.90 Å². The number of carbonyl (C=O) groups is 1. The molecule has 0 saturated heterocycles. The molecule has 2 N–H and O–H groups in total. The number of carbonyl (C=O) groups excluding carboxylic acids is 1. The van der Waals surface area contributed by atoms with Crippen molar-refractivity contribution in [3.63, 3.8) is 0 Å². The second-order valence-corrected chi connectivity index (χ2v) is 5.55. The van der Waals surface area contributed by atoms with E-state index in [0.717, 1.165) is 16.5 Å². The van der Waals surface area contributed by atoms with Crippen LogP contribution in [0.15, 0.2) is 30.5 Å². The van der Waals surface area contributed by atoms with Crippen LogP contribution < -0.4 is 5.32 Å². The zero-order valence-corrected chi connectivity index (χ0v) is 12.3. The summed E-state index contributed by atoms with van der Waals surface area (Å²) >= 11 is 0. The minimum Gasteiger partial charge on any atom is -0.392 e. The predicted octanol–water partition coefficient (Wildman–Crippen LogP) is 2.29. The Kier molecular flexibility index (Phi) is 4.45. The maximum Gasteiger partial charge on any atom is 0.240 e. The summed E-state index contributed by atoms with van der Waals surface area (Å²) in [4.78, 5) is 12.0. The molecule has 0 aliphatic carbocycles. The maximum atomic E-state index is 12.0. The van der Waals surface area contributed by atoms with Crippen LogP contribution in [-0.2, 0) is 17.9 Å². The standard InChI is InChI=1S/C16H22N2O2/c1-11(2)12(3)17-16(20)9-18-8-7-14-13(10-19)5-4-6-15(14)18/h4-8,11-12,19H,9-10H2,1-3H3,(H,17,20). The highest BCUT2D eigenvalue weighted by molar-refractivity contribution is 5.85. The third kappa shape index (κ3) is 3.02. The van der Waals surface area contributed by atoms with Gasteiger partial charge in [-0.3, -0.25) is 4.79 Å². The molecule has 0 radical (unpaired) electrons. The number of fused-ring (bicyclic) bond motifs is 1. The van der Waals surface area contributed by atoms with Crippen LogP contribution in [0.25, 0.3) is 10.9 Å². The molecule has 2 aromatic rings. The van der Waals surface area contributed by atoms with Gasteiger partial charge in [0, 0.05) is 23.1 Å². The molecule has 2 rings (SSSR count). The van der Waals surface area contributed by atoms with Crippen LogP contribution >= 0.6 is 0 Å². The lowest BCUT2D eigenvalue weighted by molar-refractivity contribution is -0.122. The molecule has 0 aliphatic heterocycles. The summed E-state index contributed by atoms with van der Waals surface area (Å²) < 4.78 is 1.91. The summed E-state index contributed by atoms with van der Waals surface area (Å²) in [6.45, 7) is 6.50. The van der Waals surface area contributed by atoms with Crippen LogP contribution in [0.1, 0.15) is 26.3 Å². The molecule has 0 saturated carbocycles. The average molecular weight is 274 g/mol. The minimum absolute atomic E-state index is 0.0118. The number of amides is 1. The van der Waals surface area contributed by atoms with Crippen molar-refractivity contribution in [3.8, 4) is 0 Å². The lowest BCUT2D eigenvalue weighted by Gasteiger charge is -2.17. The highest BCUT2D eigenvalue weighted by Crippen LogP contribution is 2.20. The van der Waals surface area contributed by atoms with E-state index in [-0.39, 0.29) is 18.6 Å². The van der Waals surface area contributed by atoms with Crippen LogP contribution in [-0.4, -0.2) is 21.6 Å². The monoisotopic (exact) mass is 274 g/mol. The Hall–Kier alpha value is -1.81. The largest absolute Gasteiger partial charge is 0.392 e. The third-order valence-corrected chi connectivity index (χ3v) is 3.78. The fourth-order valence-corrected chi connectivity index (χ4v) is 2.18. The van der Waals surface area contributed by atoms with Crippen molar-refractivity contribution in [1.82, 2.24) is 9.88 Å². The van der Waals surface area contributed by atoms with Gasteiger partial charge in [0.25, 0.3) is 0 Å². The highest BCUT2D eigenvalue weighted by Gasteiger charge is 2.12. The van der Waals surface area contributed by atoms with Gasteiger partial charge in [0.2, 0.25) is 5.91 Å². The Morgan fingerprint density at radius 3 is 2.70 bits per heavy atom. The van der Waals surface area contributed by atoms with E-state index in [1.807, 2.05) is 42.0 Å². The van der Waals surface area contributed by atoms with Crippen LogP contribution in [0.5, 0.6) is 0 Å². The van der Waals surface area contributed by atoms with Crippen molar-refractivity contribution in [1.29, 1.82) is 0 Å². The molecule has 1 unspecified atom stereocenters. The molecule has 4 heteroatoms. The molecule has 0 fully saturated rings. The van der Waals surface area contributed by atoms with Gasteiger partial charge in [-0.25, -0.2) is 0 Å². The van der Waals surface area contributed by atoms with Gasteiger partial charge < -0.3 is 15.0 Å². The number of nitrogens with one attached hydrogen (secondary N) is 1. The van der Waals surface area contributed by atoms with Crippen molar-refractivity contribution in [2.45, 2.75) is 40.0 Å². The lowest BCUT2D eigenvalue weighted by Crippen LogP contribution is -2.38. The van der Waals surface area contributed by atoms with Crippen LogP contribution in [0.4, 0.5) is 0 Å². The summed E-state index contributed by atoms with van der Waals surface area (Å²) in [5.41, 5.74) is 1.86. The summed E-state index contributed by atoms with van der Waals surface area (Å²) in [5.74, 6) is 0.430. The SMILES string of the molecule is CC(C)C(C)NC(=O)Cn1ccc2c(CO)cccc21. The van der Waals surface area contributed by atoms with Gasteiger partial charge in [0.15, 0.2) is 0 Å². The van der Waals surface area contributed by atoms with Gasteiger partial charge in [-0.1, -0.05) is 26.0 Å². The van der Waals surface area contributed by atoms with Crippen molar-refractivity contribution in [2.24, 2.45) is 5.92 Å². The van der Waals surface area contributed by atoms with Crippen molar-refractivity contribution >= 4 is 16.8 Å². The van der Waals surface area contributed by atoms with E-state index in [2.05, 4.69) is 19.2 Å².